The highest BCUT2D eigenvalue weighted by molar-refractivity contribution is 6.07. The standard InChI is InChI=1S/C23H19F3N2O3/c24-23(25,26)16-10-12-17(13-11-16)27-14-20(29)28-19-9-5-4-8-18(19)22(31)21(30)15-6-2-1-3-7-15/h1-13,21,27,30H,14H2,(H,28,29). The first-order valence-electron chi connectivity index (χ1n) is 9.33. The Labute approximate surface area is 176 Å². The van der Waals surface area contributed by atoms with Crippen molar-refractivity contribution in [3.8, 4) is 0 Å². The number of hydrogen-bond acceptors (Lipinski definition) is 4. The van der Waals surface area contributed by atoms with Gasteiger partial charge in [-0.3, -0.25) is 9.59 Å². The zero-order chi connectivity index (χ0) is 22.4. The van der Waals surface area contributed by atoms with Gasteiger partial charge in [0.2, 0.25) is 5.91 Å². The summed E-state index contributed by atoms with van der Waals surface area (Å²) >= 11 is 0. The van der Waals surface area contributed by atoms with Gasteiger partial charge in [-0.15, -0.1) is 0 Å². The first-order valence-corrected chi connectivity index (χ1v) is 9.33. The summed E-state index contributed by atoms with van der Waals surface area (Å²) < 4.78 is 37.8. The van der Waals surface area contributed by atoms with E-state index >= 15 is 0 Å². The zero-order valence-corrected chi connectivity index (χ0v) is 16.2. The average Bonchev–Trinajstić information content (AvgIpc) is 2.77. The van der Waals surface area contributed by atoms with E-state index in [9.17, 15) is 27.9 Å². The minimum Gasteiger partial charge on any atom is -0.380 e. The van der Waals surface area contributed by atoms with Gasteiger partial charge in [0.25, 0.3) is 0 Å². The Hall–Kier alpha value is -3.65. The molecular weight excluding hydrogens is 409 g/mol. The molecule has 3 aromatic carbocycles. The van der Waals surface area contributed by atoms with Crippen molar-refractivity contribution < 1.29 is 27.9 Å². The number of anilines is 2. The highest BCUT2D eigenvalue weighted by atomic mass is 19.4. The van der Waals surface area contributed by atoms with Gasteiger partial charge in [-0.05, 0) is 42.0 Å². The van der Waals surface area contributed by atoms with Gasteiger partial charge >= 0.3 is 6.18 Å². The molecule has 3 rings (SSSR count). The van der Waals surface area contributed by atoms with Gasteiger partial charge in [-0.2, -0.15) is 13.2 Å². The van der Waals surface area contributed by atoms with E-state index in [1.54, 1.807) is 42.5 Å². The number of benzene rings is 3. The van der Waals surface area contributed by atoms with Gasteiger partial charge in [-0.25, -0.2) is 0 Å². The maximum atomic E-state index is 12.7. The fourth-order valence-corrected chi connectivity index (χ4v) is 2.89. The molecule has 0 aliphatic heterocycles. The maximum Gasteiger partial charge on any atom is 0.416 e. The number of carbonyl (C=O) groups excluding carboxylic acids is 2. The lowest BCUT2D eigenvalue weighted by atomic mass is 9.98. The number of ketones is 1. The highest BCUT2D eigenvalue weighted by Gasteiger charge is 2.30. The summed E-state index contributed by atoms with van der Waals surface area (Å²) in [6.45, 7) is -0.227. The topological polar surface area (TPSA) is 78.4 Å². The average molecular weight is 428 g/mol. The first-order chi connectivity index (χ1) is 14.8. The molecule has 5 nitrogen and oxygen atoms in total. The molecule has 0 fully saturated rings. The van der Waals surface area contributed by atoms with Crippen LogP contribution in [0.3, 0.4) is 0 Å². The van der Waals surface area contributed by atoms with Crippen molar-refractivity contribution in [1.29, 1.82) is 0 Å². The van der Waals surface area contributed by atoms with E-state index in [0.717, 1.165) is 12.1 Å². The molecule has 0 bridgehead atoms. The molecule has 1 amide bonds. The van der Waals surface area contributed by atoms with Crippen molar-refractivity contribution in [2.45, 2.75) is 12.3 Å². The molecule has 0 spiro atoms. The van der Waals surface area contributed by atoms with E-state index in [2.05, 4.69) is 10.6 Å². The molecule has 0 heterocycles. The van der Waals surface area contributed by atoms with E-state index in [1.165, 1.54) is 24.3 Å². The third kappa shape index (κ3) is 5.70. The molecule has 1 atom stereocenters. The van der Waals surface area contributed by atoms with Crippen LogP contribution in [0.25, 0.3) is 0 Å². The molecule has 0 aliphatic rings. The van der Waals surface area contributed by atoms with Crippen LogP contribution in [0, 0.1) is 0 Å². The van der Waals surface area contributed by atoms with E-state index in [-0.39, 0.29) is 17.8 Å². The maximum absolute atomic E-state index is 12.7. The zero-order valence-electron chi connectivity index (χ0n) is 16.2. The number of rotatable bonds is 7. The van der Waals surface area contributed by atoms with E-state index in [1.807, 2.05) is 0 Å². The highest BCUT2D eigenvalue weighted by Crippen LogP contribution is 2.29. The predicted octanol–water partition coefficient (Wildman–Crippen LogP) is 4.67. The normalized spacial score (nSPS) is 12.1. The fourth-order valence-electron chi connectivity index (χ4n) is 2.89. The molecule has 0 saturated carbocycles. The molecule has 3 N–H and O–H groups in total. The smallest absolute Gasteiger partial charge is 0.380 e. The van der Waals surface area contributed by atoms with Gasteiger partial charge in [-0.1, -0.05) is 42.5 Å². The first kappa shape index (κ1) is 22.0. The molecule has 31 heavy (non-hydrogen) atoms. The lowest BCUT2D eigenvalue weighted by Gasteiger charge is -2.15. The molecular formula is C23H19F3N2O3. The van der Waals surface area contributed by atoms with E-state index < -0.39 is 29.5 Å². The fraction of sp³-hybridized carbons (Fsp3) is 0.130. The molecule has 160 valence electrons. The van der Waals surface area contributed by atoms with Crippen LogP contribution >= 0.6 is 0 Å². The molecule has 3 aromatic rings. The summed E-state index contributed by atoms with van der Waals surface area (Å²) in [6, 6.07) is 19.0. The lowest BCUT2D eigenvalue weighted by molar-refractivity contribution is -0.137. The number of Topliss-reactive ketones (excluding diaryl/α,β-unsaturated/α-hetero) is 1. The number of para-hydroxylation sites is 1. The van der Waals surface area contributed by atoms with Crippen LogP contribution < -0.4 is 10.6 Å². The molecule has 0 saturated heterocycles. The van der Waals surface area contributed by atoms with Crippen LogP contribution in [0.1, 0.15) is 27.6 Å². The summed E-state index contributed by atoms with van der Waals surface area (Å²) in [5, 5.41) is 15.7. The summed E-state index contributed by atoms with van der Waals surface area (Å²) in [5.74, 6) is -1.08. The second-order valence-corrected chi connectivity index (χ2v) is 6.70. The Morgan fingerprint density at radius 2 is 1.48 bits per heavy atom. The largest absolute Gasteiger partial charge is 0.416 e. The molecule has 0 aromatic heterocycles. The minimum absolute atomic E-state index is 0.140. The van der Waals surface area contributed by atoms with Gasteiger partial charge in [0.05, 0.1) is 17.8 Å². The van der Waals surface area contributed by atoms with Gasteiger partial charge < -0.3 is 15.7 Å². The second kappa shape index (κ2) is 9.44. The summed E-state index contributed by atoms with van der Waals surface area (Å²) in [7, 11) is 0. The Bertz CT molecular complexity index is 1050. The van der Waals surface area contributed by atoms with Crippen molar-refractivity contribution in [3.63, 3.8) is 0 Å². The Kier molecular flexibility index (Phi) is 6.71. The molecule has 1 unspecified atom stereocenters. The Morgan fingerprint density at radius 3 is 2.13 bits per heavy atom. The van der Waals surface area contributed by atoms with Crippen molar-refractivity contribution in [1.82, 2.24) is 0 Å². The van der Waals surface area contributed by atoms with Crippen LogP contribution in [-0.4, -0.2) is 23.3 Å². The van der Waals surface area contributed by atoms with E-state index in [4.69, 9.17) is 0 Å². The minimum atomic E-state index is -4.43. The van der Waals surface area contributed by atoms with Crippen LogP contribution in [-0.2, 0) is 11.0 Å². The monoisotopic (exact) mass is 428 g/mol. The van der Waals surface area contributed by atoms with Gasteiger partial charge in [0.1, 0.15) is 6.10 Å². The number of nitrogens with one attached hydrogen (secondary N) is 2. The number of aliphatic hydroxyl groups is 1. The van der Waals surface area contributed by atoms with Crippen LogP contribution in [0.4, 0.5) is 24.5 Å². The quantitative estimate of drug-likeness (QED) is 0.478. The lowest BCUT2D eigenvalue weighted by Crippen LogP contribution is -2.23. The number of alkyl halides is 3. The Balaban J connectivity index is 1.65. The Morgan fingerprint density at radius 1 is 0.871 bits per heavy atom. The van der Waals surface area contributed by atoms with Crippen LogP contribution in [0.2, 0.25) is 0 Å². The van der Waals surface area contributed by atoms with Crippen LogP contribution in [0.5, 0.6) is 0 Å². The van der Waals surface area contributed by atoms with Crippen molar-refractivity contribution in [2.24, 2.45) is 0 Å². The van der Waals surface area contributed by atoms with Crippen molar-refractivity contribution >= 4 is 23.1 Å². The second-order valence-electron chi connectivity index (χ2n) is 6.70. The summed E-state index contributed by atoms with van der Waals surface area (Å²) in [4.78, 5) is 25.0. The third-order valence-corrected chi connectivity index (χ3v) is 4.50. The number of amides is 1. The third-order valence-electron chi connectivity index (χ3n) is 4.50. The predicted molar refractivity (Wildman–Crippen MR) is 111 cm³/mol. The number of aliphatic hydroxyl groups excluding tert-OH is 1. The number of halogens is 3. The number of hydrogen-bond donors (Lipinski definition) is 3. The summed E-state index contributed by atoms with van der Waals surface area (Å²) in [6.07, 6.45) is -5.82. The van der Waals surface area contributed by atoms with Crippen LogP contribution in [0.15, 0.2) is 78.9 Å². The van der Waals surface area contributed by atoms with Crippen molar-refractivity contribution in [3.05, 3.63) is 95.6 Å². The SMILES string of the molecule is O=C(CNc1ccc(C(F)(F)F)cc1)Nc1ccccc1C(=O)C(O)c1ccccc1. The van der Waals surface area contributed by atoms with Gasteiger partial charge in [0.15, 0.2) is 5.78 Å². The van der Waals surface area contributed by atoms with Crippen molar-refractivity contribution in [2.75, 3.05) is 17.2 Å². The van der Waals surface area contributed by atoms with Gasteiger partial charge in [0, 0.05) is 11.3 Å². The van der Waals surface area contributed by atoms with E-state index in [0.29, 0.717) is 11.3 Å². The molecule has 8 heteroatoms. The molecule has 0 aliphatic carbocycles. The molecule has 0 radical (unpaired) electrons. The summed E-state index contributed by atoms with van der Waals surface area (Å²) in [5.41, 5.74) is 0.347. The number of carbonyl (C=O) groups is 2.